The second-order valence-corrected chi connectivity index (χ2v) is 7.88. The summed E-state index contributed by atoms with van der Waals surface area (Å²) in [5.41, 5.74) is 0.781. The first kappa shape index (κ1) is 16.3. The van der Waals surface area contributed by atoms with Crippen molar-refractivity contribution < 1.29 is 4.74 Å². The van der Waals surface area contributed by atoms with Gasteiger partial charge in [0.1, 0.15) is 0 Å². The van der Waals surface area contributed by atoms with Crippen LogP contribution in [-0.4, -0.2) is 49.8 Å². The van der Waals surface area contributed by atoms with Gasteiger partial charge in [-0.15, -0.1) is 0 Å². The molecule has 0 amide bonds. The molecule has 1 saturated heterocycles. The molecule has 1 heterocycles. The zero-order valence-corrected chi connectivity index (χ0v) is 14.0. The van der Waals surface area contributed by atoms with E-state index in [1.165, 1.54) is 51.7 Å². The molecule has 0 aromatic heterocycles. The number of methoxy groups -OCH3 is 1. The maximum Gasteiger partial charge on any atom is 0.0474 e. The Morgan fingerprint density at radius 1 is 1.20 bits per heavy atom. The third kappa shape index (κ3) is 3.75. The molecule has 0 radical (unpaired) electrons. The molecule has 1 spiro atoms. The first-order valence-corrected chi connectivity index (χ1v) is 8.45. The Balaban J connectivity index is 2.03. The van der Waals surface area contributed by atoms with Crippen LogP contribution in [0.1, 0.15) is 59.3 Å². The molecule has 20 heavy (non-hydrogen) atoms. The highest BCUT2D eigenvalue weighted by atomic mass is 16.5. The molecule has 0 aromatic carbocycles. The monoisotopic (exact) mass is 282 g/mol. The van der Waals surface area contributed by atoms with Gasteiger partial charge < -0.3 is 10.1 Å². The summed E-state index contributed by atoms with van der Waals surface area (Å²) in [5, 5.41) is 3.87. The minimum Gasteiger partial charge on any atom is -0.385 e. The lowest BCUT2D eigenvalue weighted by molar-refractivity contribution is -0.0140. The largest absolute Gasteiger partial charge is 0.385 e. The van der Waals surface area contributed by atoms with Crippen LogP contribution in [0.3, 0.4) is 0 Å². The van der Waals surface area contributed by atoms with Crippen LogP contribution in [0.25, 0.3) is 0 Å². The normalized spacial score (nSPS) is 27.9. The third-order valence-electron chi connectivity index (χ3n) is 5.36. The van der Waals surface area contributed by atoms with Gasteiger partial charge in [0, 0.05) is 44.9 Å². The van der Waals surface area contributed by atoms with Crippen LogP contribution >= 0.6 is 0 Å². The van der Waals surface area contributed by atoms with Gasteiger partial charge in [0.05, 0.1) is 0 Å². The standard InChI is InChI=1S/C17H34N2O/c1-16(2,3)15-13-19(11-8-12-20-4)17(14-18-15)9-6-5-7-10-17/h15,18H,5-14H2,1-4H3. The van der Waals surface area contributed by atoms with Gasteiger partial charge in [0.25, 0.3) is 0 Å². The van der Waals surface area contributed by atoms with Crippen LogP contribution in [0.15, 0.2) is 0 Å². The summed E-state index contributed by atoms with van der Waals surface area (Å²) >= 11 is 0. The Morgan fingerprint density at radius 2 is 1.90 bits per heavy atom. The smallest absolute Gasteiger partial charge is 0.0474 e. The van der Waals surface area contributed by atoms with Gasteiger partial charge in [0.2, 0.25) is 0 Å². The van der Waals surface area contributed by atoms with E-state index in [1.807, 2.05) is 7.11 Å². The van der Waals surface area contributed by atoms with Gasteiger partial charge in [-0.3, -0.25) is 4.90 Å². The summed E-state index contributed by atoms with van der Waals surface area (Å²) < 4.78 is 5.26. The highest BCUT2D eigenvalue weighted by molar-refractivity contribution is 5.02. The molecule has 1 unspecified atom stereocenters. The molecule has 1 saturated carbocycles. The minimum atomic E-state index is 0.343. The quantitative estimate of drug-likeness (QED) is 0.802. The van der Waals surface area contributed by atoms with Crippen LogP contribution in [0.2, 0.25) is 0 Å². The summed E-state index contributed by atoms with van der Waals surface area (Å²) in [6, 6.07) is 0.609. The summed E-state index contributed by atoms with van der Waals surface area (Å²) in [7, 11) is 1.81. The van der Waals surface area contributed by atoms with Gasteiger partial charge in [0.15, 0.2) is 0 Å². The molecule has 3 nitrogen and oxygen atoms in total. The van der Waals surface area contributed by atoms with E-state index in [4.69, 9.17) is 4.74 Å². The van der Waals surface area contributed by atoms with Crippen molar-refractivity contribution in [3.63, 3.8) is 0 Å². The maximum absolute atomic E-state index is 5.26. The first-order valence-electron chi connectivity index (χ1n) is 8.45. The van der Waals surface area contributed by atoms with Gasteiger partial charge in [-0.05, 0) is 24.7 Å². The fourth-order valence-electron chi connectivity index (χ4n) is 3.91. The molecular formula is C17H34N2O. The van der Waals surface area contributed by atoms with E-state index < -0.39 is 0 Å². The minimum absolute atomic E-state index is 0.343. The topological polar surface area (TPSA) is 24.5 Å². The molecule has 2 rings (SSSR count). The zero-order chi connectivity index (χ0) is 14.6. The molecular weight excluding hydrogens is 248 g/mol. The van der Waals surface area contributed by atoms with E-state index >= 15 is 0 Å². The summed E-state index contributed by atoms with van der Waals surface area (Å²) in [5.74, 6) is 0. The van der Waals surface area contributed by atoms with Crippen LogP contribution in [-0.2, 0) is 4.74 Å². The van der Waals surface area contributed by atoms with E-state index in [9.17, 15) is 0 Å². The highest BCUT2D eigenvalue weighted by Gasteiger charge is 2.43. The summed E-state index contributed by atoms with van der Waals surface area (Å²) in [6.45, 7) is 11.5. The second-order valence-electron chi connectivity index (χ2n) is 7.88. The van der Waals surface area contributed by atoms with E-state index in [2.05, 4.69) is 31.0 Å². The number of ether oxygens (including phenoxy) is 1. The summed E-state index contributed by atoms with van der Waals surface area (Å²) in [6.07, 6.45) is 8.16. The Labute approximate surface area is 125 Å². The average Bonchev–Trinajstić information content (AvgIpc) is 2.41. The Hall–Kier alpha value is -0.120. The van der Waals surface area contributed by atoms with E-state index in [0.717, 1.165) is 13.0 Å². The van der Waals surface area contributed by atoms with Gasteiger partial charge in [-0.2, -0.15) is 0 Å². The molecule has 1 atom stereocenters. The molecule has 1 aliphatic heterocycles. The van der Waals surface area contributed by atoms with E-state index in [0.29, 0.717) is 17.0 Å². The molecule has 1 N–H and O–H groups in total. The number of piperazine rings is 1. The van der Waals surface area contributed by atoms with Gasteiger partial charge >= 0.3 is 0 Å². The molecule has 0 aromatic rings. The van der Waals surface area contributed by atoms with Crippen molar-refractivity contribution in [1.29, 1.82) is 0 Å². The second kappa shape index (κ2) is 6.76. The summed E-state index contributed by atoms with van der Waals surface area (Å²) in [4.78, 5) is 2.80. The highest BCUT2D eigenvalue weighted by Crippen LogP contribution is 2.37. The maximum atomic E-state index is 5.26. The fourth-order valence-corrected chi connectivity index (χ4v) is 3.91. The lowest BCUT2D eigenvalue weighted by Crippen LogP contribution is -2.67. The zero-order valence-electron chi connectivity index (χ0n) is 14.0. The number of nitrogens with zero attached hydrogens (tertiary/aromatic N) is 1. The van der Waals surface area contributed by atoms with Crippen molar-refractivity contribution in [2.75, 3.05) is 33.4 Å². The third-order valence-corrected chi connectivity index (χ3v) is 5.36. The number of hydrogen-bond donors (Lipinski definition) is 1. The van der Waals surface area contributed by atoms with Crippen molar-refractivity contribution in [2.24, 2.45) is 5.41 Å². The fraction of sp³-hybridized carbons (Fsp3) is 1.00. The van der Waals surface area contributed by atoms with E-state index in [-0.39, 0.29) is 0 Å². The lowest BCUT2D eigenvalue weighted by Gasteiger charge is -2.54. The van der Waals surface area contributed by atoms with Crippen LogP contribution in [0, 0.1) is 5.41 Å². The number of rotatable bonds is 4. The van der Waals surface area contributed by atoms with E-state index in [1.54, 1.807) is 0 Å². The SMILES string of the molecule is COCCCN1CC(C(C)(C)C)NCC12CCCCC2. The molecule has 2 aliphatic rings. The van der Waals surface area contributed by atoms with Crippen molar-refractivity contribution in [1.82, 2.24) is 10.2 Å². The van der Waals surface area contributed by atoms with Crippen molar-refractivity contribution in [3.05, 3.63) is 0 Å². The van der Waals surface area contributed by atoms with Crippen LogP contribution in [0.5, 0.6) is 0 Å². The Morgan fingerprint density at radius 3 is 2.50 bits per heavy atom. The van der Waals surface area contributed by atoms with Crippen molar-refractivity contribution in [2.45, 2.75) is 70.9 Å². The van der Waals surface area contributed by atoms with Crippen molar-refractivity contribution >= 4 is 0 Å². The van der Waals surface area contributed by atoms with Crippen molar-refractivity contribution in [3.8, 4) is 0 Å². The average molecular weight is 282 g/mol. The van der Waals surface area contributed by atoms with Gasteiger partial charge in [-0.1, -0.05) is 40.0 Å². The molecule has 1 aliphatic carbocycles. The lowest BCUT2D eigenvalue weighted by atomic mass is 9.75. The Bertz CT molecular complexity index is 292. The predicted octanol–water partition coefficient (Wildman–Crippen LogP) is 3.05. The number of nitrogens with one attached hydrogen (secondary N) is 1. The van der Waals surface area contributed by atoms with Crippen LogP contribution < -0.4 is 5.32 Å². The molecule has 0 bridgehead atoms. The molecule has 118 valence electrons. The Kier molecular flexibility index (Phi) is 5.49. The molecule has 2 fully saturated rings. The molecule has 3 heteroatoms. The predicted molar refractivity (Wildman–Crippen MR) is 85.1 cm³/mol. The number of hydrogen-bond acceptors (Lipinski definition) is 3. The van der Waals surface area contributed by atoms with Gasteiger partial charge in [-0.25, -0.2) is 0 Å². The first-order chi connectivity index (χ1) is 9.48. The van der Waals surface area contributed by atoms with Crippen LogP contribution in [0.4, 0.5) is 0 Å².